The Balaban J connectivity index is 1.93. The number of imide groups is 1. The second kappa shape index (κ2) is 4.28. The molecule has 0 radical (unpaired) electrons. The molecule has 2 atom stereocenters. The normalized spacial score (nSPS) is 33.1. The summed E-state index contributed by atoms with van der Waals surface area (Å²) in [4.78, 5) is 24.3. The van der Waals surface area contributed by atoms with Crippen molar-refractivity contribution in [3.63, 3.8) is 0 Å². The summed E-state index contributed by atoms with van der Waals surface area (Å²) in [5.74, 6) is -0.376. The molecule has 0 aromatic carbocycles. The van der Waals surface area contributed by atoms with Crippen molar-refractivity contribution < 1.29 is 14.3 Å². The molecule has 1 aliphatic carbocycles. The summed E-state index contributed by atoms with van der Waals surface area (Å²) in [5, 5.41) is 2.31. The van der Waals surface area contributed by atoms with Crippen LogP contribution in [0.2, 0.25) is 0 Å². The molecule has 2 rings (SSSR count). The molecule has 5 nitrogen and oxygen atoms in total. The lowest BCUT2D eigenvalue weighted by molar-refractivity contribution is -0.137. The van der Waals surface area contributed by atoms with Crippen molar-refractivity contribution in [1.82, 2.24) is 10.2 Å². The number of hydrogen-bond donors (Lipinski definition) is 1. The number of ether oxygens (including phenoxy) is 1. The van der Waals surface area contributed by atoms with Gasteiger partial charge in [-0.3, -0.25) is 19.8 Å². The molecule has 0 bridgehead atoms. The van der Waals surface area contributed by atoms with Gasteiger partial charge in [0.25, 0.3) is 0 Å². The lowest BCUT2D eigenvalue weighted by atomic mass is 10.2. The van der Waals surface area contributed by atoms with Crippen LogP contribution in [0.5, 0.6) is 0 Å². The quantitative estimate of drug-likeness (QED) is 0.628. The van der Waals surface area contributed by atoms with Gasteiger partial charge in [-0.25, -0.2) is 0 Å². The van der Waals surface area contributed by atoms with E-state index in [1.807, 2.05) is 4.90 Å². The Morgan fingerprint density at radius 2 is 1.93 bits per heavy atom. The minimum absolute atomic E-state index is 0.188. The Morgan fingerprint density at radius 1 is 1.27 bits per heavy atom. The van der Waals surface area contributed by atoms with Crippen molar-refractivity contribution in [2.45, 2.75) is 31.4 Å². The van der Waals surface area contributed by atoms with Crippen LogP contribution in [0.15, 0.2) is 0 Å². The van der Waals surface area contributed by atoms with E-state index in [1.54, 1.807) is 7.11 Å². The maximum Gasteiger partial charge on any atom is 0.240 e. The standard InChI is InChI=1S/C10H16N2O3/c1-15-8-3-2-7(4-8)12-5-9(13)11-10(14)6-12/h7-8H,2-6H2,1H3,(H,11,13,14). The molecule has 2 amide bonds. The van der Waals surface area contributed by atoms with E-state index in [1.165, 1.54) is 0 Å². The molecular formula is C10H16N2O3. The summed E-state index contributed by atoms with van der Waals surface area (Å²) in [6.07, 6.45) is 3.25. The Hall–Kier alpha value is -0.940. The monoisotopic (exact) mass is 212 g/mol. The fraction of sp³-hybridized carbons (Fsp3) is 0.800. The van der Waals surface area contributed by atoms with Gasteiger partial charge in [0.1, 0.15) is 0 Å². The SMILES string of the molecule is COC1CCC(N2CC(=O)NC(=O)C2)C1. The highest BCUT2D eigenvalue weighted by Crippen LogP contribution is 2.26. The predicted molar refractivity (Wildman–Crippen MR) is 53.2 cm³/mol. The van der Waals surface area contributed by atoms with E-state index in [4.69, 9.17) is 4.74 Å². The lowest BCUT2D eigenvalue weighted by Crippen LogP contribution is -2.54. The molecule has 0 aromatic rings. The molecule has 2 unspecified atom stereocenters. The van der Waals surface area contributed by atoms with Gasteiger partial charge >= 0.3 is 0 Å². The van der Waals surface area contributed by atoms with Crippen LogP contribution in [0.3, 0.4) is 0 Å². The fourth-order valence-electron chi connectivity index (χ4n) is 2.38. The highest BCUT2D eigenvalue weighted by atomic mass is 16.5. The lowest BCUT2D eigenvalue weighted by Gasteiger charge is -2.30. The molecule has 2 fully saturated rings. The number of hydrogen-bond acceptors (Lipinski definition) is 4. The number of rotatable bonds is 2. The van der Waals surface area contributed by atoms with Crippen molar-refractivity contribution >= 4 is 11.8 Å². The first kappa shape index (κ1) is 10.6. The van der Waals surface area contributed by atoms with Crippen LogP contribution in [0.25, 0.3) is 0 Å². The molecule has 0 spiro atoms. The third-order valence-corrected chi connectivity index (χ3v) is 3.18. The third-order valence-electron chi connectivity index (χ3n) is 3.18. The van der Waals surface area contributed by atoms with Gasteiger partial charge in [0.2, 0.25) is 11.8 Å². The van der Waals surface area contributed by atoms with Crippen molar-refractivity contribution in [3.05, 3.63) is 0 Å². The van der Waals surface area contributed by atoms with Crippen LogP contribution < -0.4 is 5.32 Å². The molecule has 84 valence electrons. The number of methoxy groups -OCH3 is 1. The van der Waals surface area contributed by atoms with Gasteiger partial charge in [0.15, 0.2) is 0 Å². The number of nitrogens with one attached hydrogen (secondary N) is 1. The largest absolute Gasteiger partial charge is 0.381 e. The highest BCUT2D eigenvalue weighted by molar-refractivity contribution is 5.99. The number of nitrogens with zero attached hydrogens (tertiary/aromatic N) is 1. The van der Waals surface area contributed by atoms with Crippen LogP contribution in [-0.4, -0.2) is 49.1 Å². The Labute approximate surface area is 88.8 Å². The number of amides is 2. The summed E-state index contributed by atoms with van der Waals surface area (Å²) in [7, 11) is 1.71. The number of carbonyl (C=O) groups is 2. The van der Waals surface area contributed by atoms with Crippen LogP contribution in [0.1, 0.15) is 19.3 Å². The second-order valence-corrected chi connectivity index (χ2v) is 4.20. The van der Waals surface area contributed by atoms with Crippen molar-refractivity contribution in [3.8, 4) is 0 Å². The number of piperazine rings is 1. The van der Waals surface area contributed by atoms with E-state index in [2.05, 4.69) is 5.32 Å². The van der Waals surface area contributed by atoms with E-state index in [0.29, 0.717) is 19.1 Å². The molecule has 1 saturated heterocycles. The molecule has 15 heavy (non-hydrogen) atoms. The molecular weight excluding hydrogens is 196 g/mol. The third kappa shape index (κ3) is 2.35. The first-order valence-corrected chi connectivity index (χ1v) is 5.28. The predicted octanol–water partition coefficient (Wildman–Crippen LogP) is -0.488. The van der Waals surface area contributed by atoms with Gasteiger partial charge in [-0.2, -0.15) is 0 Å². The van der Waals surface area contributed by atoms with Crippen LogP contribution in [-0.2, 0) is 14.3 Å². The van der Waals surface area contributed by atoms with E-state index >= 15 is 0 Å². The number of carbonyl (C=O) groups excluding carboxylic acids is 2. The van der Waals surface area contributed by atoms with Crippen molar-refractivity contribution in [2.24, 2.45) is 0 Å². The zero-order chi connectivity index (χ0) is 10.8. The molecule has 0 aromatic heterocycles. The molecule has 5 heteroatoms. The van der Waals surface area contributed by atoms with Crippen LogP contribution >= 0.6 is 0 Å². The average Bonchev–Trinajstić information content (AvgIpc) is 2.64. The van der Waals surface area contributed by atoms with Gasteiger partial charge in [-0.15, -0.1) is 0 Å². The molecule has 1 N–H and O–H groups in total. The van der Waals surface area contributed by atoms with Crippen molar-refractivity contribution in [1.29, 1.82) is 0 Å². The minimum Gasteiger partial charge on any atom is -0.381 e. The van der Waals surface area contributed by atoms with Gasteiger partial charge in [0.05, 0.1) is 19.2 Å². The van der Waals surface area contributed by atoms with Crippen molar-refractivity contribution in [2.75, 3.05) is 20.2 Å². The van der Waals surface area contributed by atoms with Gasteiger partial charge in [-0.1, -0.05) is 0 Å². The summed E-state index contributed by atoms with van der Waals surface area (Å²) < 4.78 is 5.27. The zero-order valence-corrected chi connectivity index (χ0v) is 8.86. The summed E-state index contributed by atoms with van der Waals surface area (Å²) in [6, 6.07) is 0.324. The minimum atomic E-state index is -0.188. The van der Waals surface area contributed by atoms with E-state index in [-0.39, 0.29) is 17.9 Å². The smallest absolute Gasteiger partial charge is 0.240 e. The molecule has 1 aliphatic heterocycles. The maximum absolute atomic E-state index is 11.2. The summed E-state index contributed by atoms with van der Waals surface area (Å²) >= 11 is 0. The first-order valence-electron chi connectivity index (χ1n) is 5.28. The Kier molecular flexibility index (Phi) is 3.02. The highest BCUT2D eigenvalue weighted by Gasteiger charge is 2.33. The van der Waals surface area contributed by atoms with Gasteiger partial charge in [-0.05, 0) is 19.3 Å². The average molecular weight is 212 g/mol. The molecule has 1 heterocycles. The maximum atomic E-state index is 11.2. The van der Waals surface area contributed by atoms with E-state index in [0.717, 1.165) is 19.3 Å². The van der Waals surface area contributed by atoms with Crippen LogP contribution in [0, 0.1) is 0 Å². The second-order valence-electron chi connectivity index (χ2n) is 4.20. The topological polar surface area (TPSA) is 58.6 Å². The van der Waals surface area contributed by atoms with Gasteiger partial charge in [0, 0.05) is 13.2 Å². The van der Waals surface area contributed by atoms with Gasteiger partial charge < -0.3 is 4.74 Å². The summed E-state index contributed by atoms with van der Waals surface area (Å²) in [5.41, 5.74) is 0. The summed E-state index contributed by atoms with van der Waals surface area (Å²) in [6.45, 7) is 0.680. The fourth-order valence-corrected chi connectivity index (χ4v) is 2.38. The first-order chi connectivity index (χ1) is 7.19. The Morgan fingerprint density at radius 3 is 2.47 bits per heavy atom. The zero-order valence-electron chi connectivity index (χ0n) is 8.86. The Bertz CT molecular complexity index is 264. The molecule has 1 saturated carbocycles. The van der Waals surface area contributed by atoms with Crippen LogP contribution in [0.4, 0.5) is 0 Å². The molecule has 2 aliphatic rings. The van der Waals surface area contributed by atoms with E-state index in [9.17, 15) is 9.59 Å². The van der Waals surface area contributed by atoms with E-state index < -0.39 is 0 Å².